The minimum atomic E-state index is -3.62. The molecule has 1 saturated carbocycles. The van der Waals surface area contributed by atoms with Crippen LogP contribution in [0.15, 0.2) is 6.20 Å². The molecule has 0 atom stereocenters. The fourth-order valence-electron chi connectivity index (χ4n) is 1.15. The molecule has 1 aromatic rings. The maximum Gasteiger partial charge on any atom is 0.300 e. The van der Waals surface area contributed by atoms with Gasteiger partial charge in [-0.3, -0.25) is 15.2 Å². The molecule has 0 bridgehead atoms. The van der Waals surface area contributed by atoms with E-state index in [1.807, 2.05) is 0 Å². The topological polar surface area (TPSA) is 137 Å². The van der Waals surface area contributed by atoms with Gasteiger partial charge in [0.2, 0.25) is 0 Å². The first-order valence-corrected chi connectivity index (χ1v) is 6.14. The Morgan fingerprint density at radius 1 is 1.62 bits per heavy atom. The van der Waals surface area contributed by atoms with Crippen LogP contribution in [0.4, 0.5) is 5.82 Å². The number of amidine groups is 1. The molecule has 0 unspecified atom stereocenters. The van der Waals surface area contributed by atoms with Crippen LogP contribution >= 0.6 is 0 Å². The molecule has 0 saturated heterocycles. The zero-order valence-electron chi connectivity index (χ0n) is 8.32. The minimum absolute atomic E-state index is 0.0150. The molecule has 88 valence electrons. The summed E-state index contributed by atoms with van der Waals surface area (Å²) in [6, 6.07) is 0.0150. The van der Waals surface area contributed by atoms with Crippen molar-refractivity contribution in [2.24, 2.45) is 5.73 Å². The number of nitrogens with zero attached hydrogens (tertiary/aromatic N) is 1. The van der Waals surface area contributed by atoms with Gasteiger partial charge in [0, 0.05) is 6.04 Å². The average molecular weight is 244 g/mol. The molecular weight excluding hydrogens is 232 g/mol. The molecule has 1 heterocycles. The summed E-state index contributed by atoms with van der Waals surface area (Å²) in [7, 11) is -3.62. The lowest BCUT2D eigenvalue weighted by Gasteiger charge is -2.07. The highest BCUT2D eigenvalue weighted by molar-refractivity contribution is 7.90. The Hall–Kier alpha value is -1.61. The number of nitrogen functional groups attached to an aromatic ring is 1. The van der Waals surface area contributed by atoms with Gasteiger partial charge in [0.05, 0.1) is 11.8 Å². The quantitative estimate of drug-likeness (QED) is 0.338. The molecule has 1 aromatic heterocycles. The SMILES string of the molecule is N=C(N)c1cn[nH]c1NS(=O)(=O)NC1CC1. The van der Waals surface area contributed by atoms with Crippen LogP contribution in [0.1, 0.15) is 18.4 Å². The number of hydrogen-bond acceptors (Lipinski definition) is 4. The van der Waals surface area contributed by atoms with Gasteiger partial charge in [-0.25, -0.2) is 0 Å². The summed E-state index contributed by atoms with van der Waals surface area (Å²) in [6.45, 7) is 0. The zero-order chi connectivity index (χ0) is 11.8. The summed E-state index contributed by atoms with van der Waals surface area (Å²) in [6.07, 6.45) is 2.99. The first-order valence-electron chi connectivity index (χ1n) is 4.66. The number of nitrogens with one attached hydrogen (secondary N) is 4. The van der Waals surface area contributed by atoms with Crippen molar-refractivity contribution in [3.05, 3.63) is 11.8 Å². The van der Waals surface area contributed by atoms with Gasteiger partial charge in [-0.2, -0.15) is 18.2 Å². The van der Waals surface area contributed by atoms with Gasteiger partial charge < -0.3 is 5.73 Å². The number of aromatic nitrogens is 2. The summed E-state index contributed by atoms with van der Waals surface area (Å²) in [5, 5.41) is 13.3. The first kappa shape index (κ1) is 10.9. The fourth-order valence-corrected chi connectivity index (χ4v) is 2.31. The van der Waals surface area contributed by atoms with Crippen LogP contribution in [-0.2, 0) is 10.2 Å². The Balaban J connectivity index is 2.13. The molecule has 1 aliphatic carbocycles. The standard InChI is InChI=1S/C7H12N6O2S/c8-6(9)5-3-10-11-7(5)13-16(14,15)12-4-1-2-4/h3-4,12H,1-2H2,(H3,8,9)(H2,10,11,13). The van der Waals surface area contributed by atoms with E-state index in [4.69, 9.17) is 11.1 Å². The highest BCUT2D eigenvalue weighted by Gasteiger charge is 2.27. The summed E-state index contributed by atoms with van der Waals surface area (Å²) in [5.41, 5.74) is 5.48. The van der Waals surface area contributed by atoms with Gasteiger partial charge >= 0.3 is 10.2 Å². The van der Waals surface area contributed by atoms with Crippen LogP contribution in [0.5, 0.6) is 0 Å². The van der Waals surface area contributed by atoms with Gasteiger partial charge in [-0.05, 0) is 12.8 Å². The number of hydrogen-bond donors (Lipinski definition) is 5. The molecule has 2 rings (SSSR count). The molecule has 1 fully saturated rings. The fraction of sp³-hybridized carbons (Fsp3) is 0.429. The van der Waals surface area contributed by atoms with Crippen molar-refractivity contribution < 1.29 is 8.42 Å². The molecule has 6 N–H and O–H groups in total. The highest BCUT2D eigenvalue weighted by atomic mass is 32.2. The Morgan fingerprint density at radius 3 is 2.88 bits per heavy atom. The van der Waals surface area contributed by atoms with Crippen LogP contribution in [-0.4, -0.2) is 30.5 Å². The lowest BCUT2D eigenvalue weighted by atomic mass is 10.3. The molecule has 0 amide bonds. The number of rotatable bonds is 5. The van der Waals surface area contributed by atoms with E-state index in [9.17, 15) is 8.42 Å². The number of aromatic amines is 1. The van der Waals surface area contributed by atoms with E-state index < -0.39 is 10.2 Å². The van der Waals surface area contributed by atoms with Gasteiger partial charge in [-0.15, -0.1) is 0 Å². The van der Waals surface area contributed by atoms with E-state index in [-0.39, 0.29) is 23.3 Å². The predicted molar refractivity (Wildman–Crippen MR) is 58.3 cm³/mol. The zero-order valence-corrected chi connectivity index (χ0v) is 9.13. The maximum absolute atomic E-state index is 11.5. The summed E-state index contributed by atoms with van der Waals surface area (Å²) < 4.78 is 27.8. The van der Waals surface area contributed by atoms with E-state index in [0.717, 1.165) is 12.8 Å². The van der Waals surface area contributed by atoms with Gasteiger partial charge in [0.1, 0.15) is 11.7 Å². The van der Waals surface area contributed by atoms with E-state index in [2.05, 4.69) is 19.6 Å². The second kappa shape index (κ2) is 3.76. The molecule has 1 aliphatic rings. The third kappa shape index (κ3) is 2.49. The first-order chi connectivity index (χ1) is 7.48. The molecular formula is C7H12N6O2S. The van der Waals surface area contributed by atoms with E-state index >= 15 is 0 Å². The minimum Gasteiger partial charge on any atom is -0.384 e. The predicted octanol–water partition coefficient (Wildman–Crippen LogP) is -0.898. The number of nitrogens with two attached hydrogens (primary N) is 1. The Kier molecular flexibility index (Phi) is 2.56. The van der Waals surface area contributed by atoms with Gasteiger partial charge in [-0.1, -0.05) is 0 Å². The van der Waals surface area contributed by atoms with Crippen LogP contribution in [0.2, 0.25) is 0 Å². The third-order valence-corrected chi connectivity index (χ3v) is 3.18. The number of H-pyrrole nitrogens is 1. The number of anilines is 1. The Bertz CT molecular complexity index is 503. The molecule has 0 spiro atoms. The van der Waals surface area contributed by atoms with Crippen LogP contribution < -0.4 is 15.2 Å². The highest BCUT2D eigenvalue weighted by Crippen LogP contribution is 2.20. The Morgan fingerprint density at radius 2 is 2.31 bits per heavy atom. The van der Waals surface area contributed by atoms with Crippen LogP contribution in [0.25, 0.3) is 0 Å². The largest absolute Gasteiger partial charge is 0.384 e. The van der Waals surface area contributed by atoms with E-state index in [1.165, 1.54) is 6.20 Å². The summed E-state index contributed by atoms with van der Waals surface area (Å²) in [4.78, 5) is 0. The lowest BCUT2D eigenvalue weighted by molar-refractivity contribution is 0.586. The van der Waals surface area contributed by atoms with E-state index in [1.54, 1.807) is 0 Å². The summed E-state index contributed by atoms with van der Waals surface area (Å²) in [5.74, 6) is -0.154. The Labute approximate surface area is 92.3 Å². The van der Waals surface area contributed by atoms with Crippen molar-refractivity contribution in [3.63, 3.8) is 0 Å². The second-order valence-electron chi connectivity index (χ2n) is 3.57. The monoisotopic (exact) mass is 244 g/mol. The van der Waals surface area contributed by atoms with Crippen molar-refractivity contribution in [2.45, 2.75) is 18.9 Å². The van der Waals surface area contributed by atoms with Crippen molar-refractivity contribution in [1.82, 2.24) is 14.9 Å². The van der Waals surface area contributed by atoms with Crippen molar-refractivity contribution in [2.75, 3.05) is 4.72 Å². The summed E-state index contributed by atoms with van der Waals surface area (Å²) >= 11 is 0. The van der Waals surface area contributed by atoms with Gasteiger partial charge in [0.15, 0.2) is 0 Å². The van der Waals surface area contributed by atoms with Gasteiger partial charge in [0.25, 0.3) is 0 Å². The molecule has 8 nitrogen and oxygen atoms in total. The molecule has 16 heavy (non-hydrogen) atoms. The molecule has 9 heteroatoms. The van der Waals surface area contributed by atoms with Crippen molar-refractivity contribution in [3.8, 4) is 0 Å². The second-order valence-corrected chi connectivity index (χ2v) is 5.02. The third-order valence-electron chi connectivity index (χ3n) is 2.07. The van der Waals surface area contributed by atoms with Crippen molar-refractivity contribution >= 4 is 21.9 Å². The molecule has 0 aromatic carbocycles. The average Bonchev–Trinajstić information content (AvgIpc) is 2.80. The molecule has 0 aliphatic heterocycles. The molecule has 0 radical (unpaired) electrons. The van der Waals surface area contributed by atoms with Crippen LogP contribution in [0, 0.1) is 5.41 Å². The maximum atomic E-state index is 11.5. The van der Waals surface area contributed by atoms with E-state index in [0.29, 0.717) is 0 Å². The smallest absolute Gasteiger partial charge is 0.300 e. The lowest BCUT2D eigenvalue weighted by Crippen LogP contribution is -2.32. The normalized spacial score (nSPS) is 16.0. The van der Waals surface area contributed by atoms with Crippen LogP contribution in [0.3, 0.4) is 0 Å². The van der Waals surface area contributed by atoms with Crippen molar-refractivity contribution in [1.29, 1.82) is 5.41 Å².